The van der Waals surface area contributed by atoms with Crippen molar-refractivity contribution in [2.45, 2.75) is 27.4 Å². The van der Waals surface area contributed by atoms with Gasteiger partial charge in [0.25, 0.3) is 0 Å². The van der Waals surface area contributed by atoms with Crippen molar-refractivity contribution in [2.24, 2.45) is 0 Å². The first-order valence-corrected chi connectivity index (χ1v) is 8.41. The van der Waals surface area contributed by atoms with E-state index in [2.05, 4.69) is 0 Å². The van der Waals surface area contributed by atoms with Crippen LogP contribution in [0.3, 0.4) is 0 Å². The Balaban J connectivity index is 2.18. The fraction of sp³-hybridized carbons (Fsp3) is 0.316. The molecule has 2 rings (SSSR count). The van der Waals surface area contributed by atoms with Crippen molar-refractivity contribution in [1.29, 1.82) is 0 Å². The van der Waals surface area contributed by atoms with Gasteiger partial charge in [0.15, 0.2) is 5.78 Å². The van der Waals surface area contributed by atoms with Crippen molar-refractivity contribution in [3.8, 4) is 5.75 Å². The molecule has 0 aliphatic heterocycles. The Hall–Kier alpha value is -1.91. The Bertz CT molecular complexity index is 713. The zero-order valence-electron chi connectivity index (χ0n) is 14.0. The van der Waals surface area contributed by atoms with Crippen LogP contribution < -0.4 is 4.74 Å². The van der Waals surface area contributed by atoms with Gasteiger partial charge in [0.05, 0.1) is 13.7 Å². The Labute approximate surface area is 141 Å². The first kappa shape index (κ1) is 17.4. The van der Waals surface area contributed by atoms with E-state index >= 15 is 0 Å². The third-order valence-electron chi connectivity index (χ3n) is 3.50. The van der Waals surface area contributed by atoms with E-state index < -0.39 is 0 Å². The van der Waals surface area contributed by atoms with Gasteiger partial charge in [-0.05, 0) is 50.6 Å². The number of ketones is 1. The number of allylic oxidation sites excluding steroid dienone is 1. The number of methoxy groups -OCH3 is 1. The minimum Gasteiger partial charge on any atom is -0.496 e. The Morgan fingerprint density at radius 1 is 1.26 bits per heavy atom. The standard InChI is InChI=1S/C19H22O3S/c1-5-22-12-16-11-15(7-9-19(16)21-4)6-8-18(20)17-10-13(2)23-14(17)3/h6-11H,5,12H2,1-4H3/b8-6+. The first-order chi connectivity index (χ1) is 11.0. The molecule has 0 unspecified atom stereocenters. The summed E-state index contributed by atoms with van der Waals surface area (Å²) in [6, 6.07) is 7.77. The highest BCUT2D eigenvalue weighted by molar-refractivity contribution is 7.12. The Morgan fingerprint density at radius 3 is 2.65 bits per heavy atom. The average Bonchev–Trinajstić information content (AvgIpc) is 2.89. The molecule has 4 heteroatoms. The number of hydrogen-bond acceptors (Lipinski definition) is 4. The summed E-state index contributed by atoms with van der Waals surface area (Å²) < 4.78 is 10.8. The molecule has 1 heterocycles. The maximum absolute atomic E-state index is 12.3. The molecule has 0 atom stereocenters. The van der Waals surface area contributed by atoms with Crippen LogP contribution in [-0.4, -0.2) is 19.5 Å². The molecule has 0 amide bonds. The van der Waals surface area contributed by atoms with Crippen LogP contribution in [0.2, 0.25) is 0 Å². The van der Waals surface area contributed by atoms with Crippen LogP contribution in [0.1, 0.15) is 38.2 Å². The summed E-state index contributed by atoms with van der Waals surface area (Å²) in [5.74, 6) is 0.834. The molecule has 0 saturated heterocycles. The van der Waals surface area contributed by atoms with Crippen LogP contribution in [0.25, 0.3) is 6.08 Å². The lowest BCUT2D eigenvalue weighted by molar-refractivity contribution is 0.104. The molecule has 0 spiro atoms. The number of carbonyl (C=O) groups is 1. The summed E-state index contributed by atoms with van der Waals surface area (Å²) in [5, 5.41) is 0. The third-order valence-corrected chi connectivity index (χ3v) is 4.47. The third kappa shape index (κ3) is 4.53. The second-order valence-electron chi connectivity index (χ2n) is 5.23. The van der Waals surface area contributed by atoms with E-state index in [0.717, 1.165) is 32.2 Å². The van der Waals surface area contributed by atoms with Crippen LogP contribution in [0.15, 0.2) is 30.3 Å². The second-order valence-corrected chi connectivity index (χ2v) is 6.69. The van der Waals surface area contributed by atoms with Gasteiger partial charge in [0.2, 0.25) is 0 Å². The van der Waals surface area contributed by atoms with Crippen LogP contribution >= 0.6 is 11.3 Å². The van der Waals surface area contributed by atoms with Crippen LogP contribution in [0.4, 0.5) is 0 Å². The zero-order chi connectivity index (χ0) is 16.8. The molecule has 0 aliphatic rings. The van der Waals surface area contributed by atoms with Gasteiger partial charge < -0.3 is 9.47 Å². The highest BCUT2D eigenvalue weighted by atomic mass is 32.1. The summed E-state index contributed by atoms with van der Waals surface area (Å²) in [7, 11) is 1.64. The van der Waals surface area contributed by atoms with Crippen LogP contribution in [-0.2, 0) is 11.3 Å². The fourth-order valence-corrected chi connectivity index (χ4v) is 3.29. The van der Waals surface area contributed by atoms with Gasteiger partial charge in [-0.2, -0.15) is 0 Å². The van der Waals surface area contributed by atoms with Crippen molar-refractivity contribution in [1.82, 2.24) is 0 Å². The van der Waals surface area contributed by atoms with Gasteiger partial charge in [-0.15, -0.1) is 11.3 Å². The summed E-state index contributed by atoms with van der Waals surface area (Å²) in [6.07, 6.45) is 3.46. The van der Waals surface area contributed by atoms with E-state index in [-0.39, 0.29) is 5.78 Å². The minimum absolute atomic E-state index is 0.0361. The monoisotopic (exact) mass is 330 g/mol. The number of hydrogen-bond donors (Lipinski definition) is 0. The Kier molecular flexibility index (Phi) is 6.13. The van der Waals surface area contributed by atoms with Gasteiger partial charge in [0, 0.05) is 27.5 Å². The van der Waals surface area contributed by atoms with E-state index in [1.807, 2.05) is 51.1 Å². The smallest absolute Gasteiger partial charge is 0.186 e. The van der Waals surface area contributed by atoms with Gasteiger partial charge in [0.1, 0.15) is 5.75 Å². The number of carbonyl (C=O) groups excluding carboxylic acids is 1. The summed E-state index contributed by atoms with van der Waals surface area (Å²) in [6.45, 7) is 7.10. The lowest BCUT2D eigenvalue weighted by Gasteiger charge is -2.09. The molecule has 1 aromatic heterocycles. The lowest BCUT2D eigenvalue weighted by atomic mass is 10.1. The molecule has 0 saturated carbocycles. The van der Waals surface area contributed by atoms with Crippen molar-refractivity contribution < 1.29 is 14.3 Å². The quantitative estimate of drug-likeness (QED) is 0.540. The topological polar surface area (TPSA) is 35.5 Å². The van der Waals surface area contributed by atoms with Crippen LogP contribution in [0, 0.1) is 13.8 Å². The van der Waals surface area contributed by atoms with Crippen molar-refractivity contribution in [2.75, 3.05) is 13.7 Å². The molecule has 122 valence electrons. The normalized spacial score (nSPS) is 11.1. The average molecular weight is 330 g/mol. The summed E-state index contributed by atoms with van der Waals surface area (Å²) >= 11 is 1.65. The van der Waals surface area contributed by atoms with Gasteiger partial charge in [-0.25, -0.2) is 0 Å². The number of aryl methyl sites for hydroxylation is 2. The molecule has 0 N–H and O–H groups in total. The van der Waals surface area contributed by atoms with Crippen molar-refractivity contribution in [3.05, 3.63) is 56.8 Å². The number of rotatable bonds is 7. The highest BCUT2D eigenvalue weighted by Crippen LogP contribution is 2.23. The van der Waals surface area contributed by atoms with Gasteiger partial charge in [-0.3, -0.25) is 4.79 Å². The SMILES string of the molecule is CCOCc1cc(/C=C/C(=O)c2cc(C)sc2C)ccc1OC. The zero-order valence-corrected chi connectivity index (χ0v) is 14.8. The second kappa shape index (κ2) is 8.09. The van der Waals surface area contributed by atoms with Crippen molar-refractivity contribution >= 4 is 23.2 Å². The molecular formula is C19H22O3S. The molecule has 0 radical (unpaired) electrons. The molecule has 0 fully saturated rings. The van der Waals surface area contributed by atoms with Crippen molar-refractivity contribution in [3.63, 3.8) is 0 Å². The van der Waals surface area contributed by atoms with E-state index in [1.54, 1.807) is 24.5 Å². The molecule has 0 bridgehead atoms. The van der Waals surface area contributed by atoms with Gasteiger partial charge in [-0.1, -0.05) is 12.1 Å². The number of thiophene rings is 1. The van der Waals surface area contributed by atoms with E-state index in [4.69, 9.17) is 9.47 Å². The van der Waals surface area contributed by atoms with E-state index in [0.29, 0.717) is 13.2 Å². The summed E-state index contributed by atoms with van der Waals surface area (Å²) in [5.41, 5.74) is 2.72. The van der Waals surface area contributed by atoms with E-state index in [9.17, 15) is 4.79 Å². The number of ether oxygens (including phenoxy) is 2. The van der Waals surface area contributed by atoms with Gasteiger partial charge >= 0.3 is 0 Å². The fourth-order valence-electron chi connectivity index (χ4n) is 2.36. The molecule has 23 heavy (non-hydrogen) atoms. The largest absolute Gasteiger partial charge is 0.496 e. The maximum atomic E-state index is 12.3. The van der Waals surface area contributed by atoms with Crippen LogP contribution in [0.5, 0.6) is 5.75 Å². The number of benzene rings is 1. The maximum Gasteiger partial charge on any atom is 0.186 e. The highest BCUT2D eigenvalue weighted by Gasteiger charge is 2.09. The minimum atomic E-state index is 0.0361. The molecule has 0 aliphatic carbocycles. The first-order valence-electron chi connectivity index (χ1n) is 7.59. The molecule has 2 aromatic rings. The molecule has 3 nitrogen and oxygen atoms in total. The molecular weight excluding hydrogens is 308 g/mol. The summed E-state index contributed by atoms with van der Waals surface area (Å²) in [4.78, 5) is 14.5. The lowest BCUT2D eigenvalue weighted by Crippen LogP contribution is -1.97. The predicted molar refractivity (Wildman–Crippen MR) is 95.5 cm³/mol. The van der Waals surface area contributed by atoms with E-state index in [1.165, 1.54) is 0 Å². The predicted octanol–water partition coefficient (Wildman–Crippen LogP) is 4.81. The Morgan fingerprint density at radius 2 is 2.04 bits per heavy atom. The molecule has 1 aromatic carbocycles.